The molecule has 2 aromatic carbocycles. The molecule has 0 radical (unpaired) electrons. The van der Waals surface area contributed by atoms with Crippen molar-refractivity contribution in [2.75, 3.05) is 13.7 Å². The molecule has 0 saturated carbocycles. The third kappa shape index (κ3) is 5.68. The van der Waals surface area contributed by atoms with Crippen LogP contribution in [0.2, 0.25) is 5.02 Å². The van der Waals surface area contributed by atoms with Crippen LogP contribution >= 0.6 is 11.6 Å². The van der Waals surface area contributed by atoms with Crippen molar-refractivity contribution in [3.05, 3.63) is 70.6 Å². The number of nitrogens with zero attached hydrogens (tertiary/aromatic N) is 2. The number of aromatic nitrogens is 2. The van der Waals surface area contributed by atoms with Gasteiger partial charge in [-0.25, -0.2) is 4.98 Å². The summed E-state index contributed by atoms with van der Waals surface area (Å²) in [5.41, 5.74) is 9.31. The van der Waals surface area contributed by atoms with Crippen molar-refractivity contribution in [1.82, 2.24) is 14.9 Å². The summed E-state index contributed by atoms with van der Waals surface area (Å²) in [7, 11) is 3.46. The molecule has 32 heavy (non-hydrogen) atoms. The van der Waals surface area contributed by atoms with E-state index >= 15 is 0 Å². The van der Waals surface area contributed by atoms with Crippen LogP contribution in [-0.4, -0.2) is 40.3 Å². The summed E-state index contributed by atoms with van der Waals surface area (Å²) in [5.74, 6) is 1.09. The Labute approximate surface area is 193 Å². The number of amides is 1. The van der Waals surface area contributed by atoms with Crippen LogP contribution < -0.4 is 15.8 Å². The van der Waals surface area contributed by atoms with Crippen LogP contribution in [0, 0.1) is 0 Å². The van der Waals surface area contributed by atoms with Gasteiger partial charge in [0, 0.05) is 37.0 Å². The van der Waals surface area contributed by atoms with Gasteiger partial charge in [-0.2, -0.15) is 0 Å². The monoisotopic (exact) mass is 456 g/mol. The van der Waals surface area contributed by atoms with Gasteiger partial charge in [0.05, 0.1) is 23.9 Å². The molecule has 2 atom stereocenters. The molecule has 0 bridgehead atoms. The average molecular weight is 457 g/mol. The first-order chi connectivity index (χ1) is 15.3. The highest BCUT2D eigenvalue weighted by molar-refractivity contribution is 6.32. The summed E-state index contributed by atoms with van der Waals surface area (Å²) >= 11 is 6.14. The van der Waals surface area contributed by atoms with Crippen LogP contribution in [0.15, 0.2) is 48.7 Å². The number of ether oxygens (including phenoxy) is 1. The maximum atomic E-state index is 12.7. The Hall–Kier alpha value is -2.87. The number of hydrogen-bond donors (Lipinski definition) is 3. The fourth-order valence-electron chi connectivity index (χ4n) is 3.60. The first kappa shape index (κ1) is 23.8. The van der Waals surface area contributed by atoms with Gasteiger partial charge in [0.25, 0.3) is 5.91 Å². The number of aliphatic hydroxyl groups is 1. The van der Waals surface area contributed by atoms with Crippen LogP contribution in [0.5, 0.6) is 5.75 Å². The lowest BCUT2D eigenvalue weighted by molar-refractivity contribution is 0.0930. The van der Waals surface area contributed by atoms with Crippen molar-refractivity contribution in [2.24, 2.45) is 12.8 Å². The summed E-state index contributed by atoms with van der Waals surface area (Å²) < 4.78 is 7.07. The maximum Gasteiger partial charge on any atom is 0.251 e. The number of carbonyl (C=O) groups excluding carboxylic acids is 1. The molecule has 1 amide bonds. The van der Waals surface area contributed by atoms with Crippen molar-refractivity contribution < 1.29 is 14.6 Å². The predicted molar refractivity (Wildman–Crippen MR) is 126 cm³/mol. The van der Waals surface area contributed by atoms with Crippen molar-refractivity contribution in [3.63, 3.8) is 0 Å². The van der Waals surface area contributed by atoms with Gasteiger partial charge in [-0.3, -0.25) is 4.79 Å². The van der Waals surface area contributed by atoms with Gasteiger partial charge in [0.1, 0.15) is 11.6 Å². The largest absolute Gasteiger partial charge is 0.495 e. The Kier molecular flexibility index (Phi) is 7.90. The molecule has 3 aromatic rings. The number of nitrogens with one attached hydrogen (secondary N) is 1. The van der Waals surface area contributed by atoms with Crippen LogP contribution in [0.4, 0.5) is 0 Å². The molecular weight excluding hydrogens is 428 g/mol. The first-order valence-corrected chi connectivity index (χ1v) is 10.8. The second kappa shape index (κ2) is 10.6. The van der Waals surface area contributed by atoms with Gasteiger partial charge < -0.3 is 25.5 Å². The van der Waals surface area contributed by atoms with E-state index in [9.17, 15) is 9.90 Å². The predicted octanol–water partition coefficient (Wildman–Crippen LogP) is 3.49. The van der Waals surface area contributed by atoms with Gasteiger partial charge in [-0.05, 0) is 43.5 Å². The standard InChI is InChI=1S/C24H29ClN4O3/c1-15(26)23-28-21(14-29(23)2)17-6-4-16(5-7-17)12-19(10-11-30)27-24(31)18-8-9-22(32-3)20(25)13-18/h4-9,13-15,19,30H,10-12,26H2,1-3H3,(H,27,31)/t15?,19-/m1/s1. The molecule has 0 aliphatic carbocycles. The van der Waals surface area contributed by atoms with Crippen molar-refractivity contribution in [3.8, 4) is 17.0 Å². The van der Waals surface area contributed by atoms with Crippen molar-refractivity contribution in [2.45, 2.75) is 31.8 Å². The molecule has 7 nitrogen and oxygen atoms in total. The van der Waals surface area contributed by atoms with Gasteiger partial charge in [0.2, 0.25) is 0 Å². The molecule has 1 heterocycles. The highest BCUT2D eigenvalue weighted by Crippen LogP contribution is 2.25. The highest BCUT2D eigenvalue weighted by Gasteiger charge is 2.16. The van der Waals surface area contributed by atoms with Gasteiger partial charge in [-0.1, -0.05) is 35.9 Å². The molecule has 1 aromatic heterocycles. The number of nitrogens with two attached hydrogens (primary N) is 1. The van der Waals surface area contributed by atoms with Crippen LogP contribution in [0.1, 0.15) is 41.1 Å². The number of benzene rings is 2. The third-order valence-electron chi connectivity index (χ3n) is 5.28. The second-order valence-corrected chi connectivity index (χ2v) is 8.22. The zero-order valence-corrected chi connectivity index (χ0v) is 19.3. The summed E-state index contributed by atoms with van der Waals surface area (Å²) in [6.07, 6.45) is 2.99. The summed E-state index contributed by atoms with van der Waals surface area (Å²) in [6, 6.07) is 12.6. The van der Waals surface area contributed by atoms with E-state index in [4.69, 9.17) is 22.1 Å². The van der Waals surface area contributed by atoms with E-state index in [1.807, 2.05) is 49.0 Å². The zero-order chi connectivity index (χ0) is 23.3. The van der Waals surface area contributed by atoms with Crippen molar-refractivity contribution >= 4 is 17.5 Å². The SMILES string of the molecule is COc1ccc(C(=O)N[C@H](CCO)Cc2ccc(-c3cn(C)c(C(C)N)n3)cc2)cc1Cl. The highest BCUT2D eigenvalue weighted by atomic mass is 35.5. The Bertz CT molecular complexity index is 1060. The quantitative estimate of drug-likeness (QED) is 0.457. The minimum atomic E-state index is -0.249. The lowest BCUT2D eigenvalue weighted by atomic mass is 10.0. The van der Waals surface area contributed by atoms with Crippen LogP contribution in [0.3, 0.4) is 0 Å². The lowest BCUT2D eigenvalue weighted by Crippen LogP contribution is -2.37. The summed E-state index contributed by atoms with van der Waals surface area (Å²) in [5, 5.41) is 12.8. The van der Waals surface area contributed by atoms with E-state index in [2.05, 4.69) is 10.3 Å². The maximum absolute atomic E-state index is 12.7. The number of methoxy groups -OCH3 is 1. The Balaban J connectivity index is 1.70. The number of rotatable bonds is 9. The van der Waals surface area contributed by atoms with Gasteiger partial charge in [-0.15, -0.1) is 0 Å². The molecule has 0 spiro atoms. The number of aryl methyl sites for hydroxylation is 1. The van der Waals surface area contributed by atoms with E-state index in [0.717, 1.165) is 22.6 Å². The third-order valence-corrected chi connectivity index (χ3v) is 5.57. The smallest absolute Gasteiger partial charge is 0.251 e. The number of aliphatic hydroxyl groups excluding tert-OH is 1. The molecule has 3 rings (SSSR count). The minimum absolute atomic E-state index is 0.0274. The summed E-state index contributed by atoms with van der Waals surface area (Å²) in [6.45, 7) is 1.88. The normalized spacial score (nSPS) is 12.9. The Morgan fingerprint density at radius 2 is 2.00 bits per heavy atom. The van der Waals surface area contributed by atoms with E-state index in [0.29, 0.717) is 29.2 Å². The van der Waals surface area contributed by atoms with E-state index in [1.165, 1.54) is 7.11 Å². The Morgan fingerprint density at radius 3 is 2.56 bits per heavy atom. The topological polar surface area (TPSA) is 102 Å². The molecule has 0 aliphatic heterocycles. The van der Waals surface area contributed by atoms with E-state index in [1.54, 1.807) is 18.2 Å². The number of imidazole rings is 1. The molecular formula is C24H29ClN4O3. The first-order valence-electron chi connectivity index (χ1n) is 10.5. The van der Waals surface area contributed by atoms with Crippen LogP contribution in [-0.2, 0) is 13.5 Å². The second-order valence-electron chi connectivity index (χ2n) is 7.82. The number of halogens is 1. The number of hydrogen-bond acceptors (Lipinski definition) is 5. The molecule has 4 N–H and O–H groups in total. The van der Waals surface area contributed by atoms with E-state index < -0.39 is 0 Å². The molecule has 8 heteroatoms. The Morgan fingerprint density at radius 1 is 1.28 bits per heavy atom. The zero-order valence-electron chi connectivity index (χ0n) is 18.5. The minimum Gasteiger partial charge on any atom is -0.495 e. The van der Waals surface area contributed by atoms with Crippen molar-refractivity contribution in [1.29, 1.82) is 0 Å². The molecule has 1 unspecified atom stereocenters. The molecule has 0 aliphatic rings. The molecule has 0 fully saturated rings. The fraction of sp³-hybridized carbons (Fsp3) is 0.333. The number of carbonyl (C=O) groups is 1. The molecule has 170 valence electrons. The van der Waals surface area contributed by atoms with E-state index in [-0.39, 0.29) is 24.6 Å². The summed E-state index contributed by atoms with van der Waals surface area (Å²) in [4.78, 5) is 17.3. The van der Waals surface area contributed by atoms with Gasteiger partial charge in [0.15, 0.2) is 0 Å². The fourth-order valence-corrected chi connectivity index (χ4v) is 3.85. The van der Waals surface area contributed by atoms with Gasteiger partial charge >= 0.3 is 0 Å². The van der Waals surface area contributed by atoms with Crippen LogP contribution in [0.25, 0.3) is 11.3 Å². The molecule has 0 saturated heterocycles. The average Bonchev–Trinajstić information content (AvgIpc) is 3.16. The lowest BCUT2D eigenvalue weighted by Gasteiger charge is -2.18.